The summed E-state index contributed by atoms with van der Waals surface area (Å²) >= 11 is 1.69. The average molecular weight is 424 g/mol. The molecule has 0 spiro atoms. The molecule has 1 unspecified atom stereocenters. The Morgan fingerprint density at radius 3 is 2.60 bits per heavy atom. The Bertz CT molecular complexity index is 892. The lowest BCUT2D eigenvalue weighted by atomic mass is 10.1. The quantitative estimate of drug-likeness (QED) is 0.554. The summed E-state index contributed by atoms with van der Waals surface area (Å²) in [6.07, 6.45) is 0. The SMILES string of the molecule is CCOc1ccc(-c2nc(CNC(CN3CCOCC3)c3ccccc3)cs2)cc1. The van der Waals surface area contributed by atoms with Crippen molar-refractivity contribution < 1.29 is 9.47 Å². The van der Waals surface area contributed by atoms with Crippen LogP contribution in [-0.4, -0.2) is 49.3 Å². The number of rotatable bonds is 9. The first-order chi connectivity index (χ1) is 14.8. The molecule has 5 nitrogen and oxygen atoms in total. The van der Waals surface area contributed by atoms with Gasteiger partial charge in [0.2, 0.25) is 0 Å². The number of ether oxygens (including phenoxy) is 2. The van der Waals surface area contributed by atoms with E-state index in [0.717, 1.165) is 61.4 Å². The number of nitrogens with one attached hydrogen (secondary N) is 1. The molecule has 1 aliphatic rings. The van der Waals surface area contributed by atoms with Gasteiger partial charge in [0.25, 0.3) is 0 Å². The fraction of sp³-hybridized carbons (Fsp3) is 0.375. The Morgan fingerprint density at radius 1 is 1.10 bits per heavy atom. The van der Waals surface area contributed by atoms with Gasteiger partial charge in [-0.05, 0) is 36.8 Å². The predicted molar refractivity (Wildman–Crippen MR) is 122 cm³/mol. The fourth-order valence-corrected chi connectivity index (χ4v) is 4.45. The monoisotopic (exact) mass is 423 g/mol. The molecule has 0 bridgehead atoms. The predicted octanol–water partition coefficient (Wildman–Crippen LogP) is 4.37. The summed E-state index contributed by atoms with van der Waals surface area (Å²) in [6, 6.07) is 19.1. The second kappa shape index (κ2) is 10.7. The van der Waals surface area contributed by atoms with Crippen molar-refractivity contribution in [2.75, 3.05) is 39.5 Å². The number of aromatic nitrogens is 1. The highest BCUT2D eigenvalue weighted by atomic mass is 32.1. The number of hydrogen-bond acceptors (Lipinski definition) is 6. The zero-order chi connectivity index (χ0) is 20.6. The van der Waals surface area contributed by atoms with Crippen LogP contribution in [0.5, 0.6) is 5.75 Å². The van der Waals surface area contributed by atoms with E-state index in [1.165, 1.54) is 5.56 Å². The molecular weight excluding hydrogens is 394 g/mol. The van der Waals surface area contributed by atoms with Gasteiger partial charge < -0.3 is 14.8 Å². The third-order valence-electron chi connectivity index (χ3n) is 5.24. The zero-order valence-corrected chi connectivity index (χ0v) is 18.2. The minimum Gasteiger partial charge on any atom is -0.494 e. The number of hydrogen-bond donors (Lipinski definition) is 1. The van der Waals surface area contributed by atoms with Crippen molar-refractivity contribution in [1.29, 1.82) is 0 Å². The van der Waals surface area contributed by atoms with E-state index < -0.39 is 0 Å². The lowest BCUT2D eigenvalue weighted by Crippen LogP contribution is -2.41. The van der Waals surface area contributed by atoms with E-state index in [0.29, 0.717) is 6.61 Å². The van der Waals surface area contributed by atoms with Gasteiger partial charge in [0.05, 0.1) is 25.5 Å². The van der Waals surface area contributed by atoms with E-state index in [2.05, 4.69) is 58.1 Å². The molecule has 1 atom stereocenters. The summed E-state index contributed by atoms with van der Waals surface area (Å²) in [4.78, 5) is 7.32. The normalized spacial score (nSPS) is 15.8. The molecule has 0 radical (unpaired) electrons. The molecule has 2 aromatic carbocycles. The maximum Gasteiger partial charge on any atom is 0.123 e. The first kappa shape index (κ1) is 21.0. The van der Waals surface area contributed by atoms with Crippen molar-refractivity contribution in [3.05, 3.63) is 71.2 Å². The van der Waals surface area contributed by atoms with Crippen LogP contribution in [0.4, 0.5) is 0 Å². The lowest BCUT2D eigenvalue weighted by Gasteiger charge is -2.31. The smallest absolute Gasteiger partial charge is 0.123 e. The molecule has 3 aromatic rings. The van der Waals surface area contributed by atoms with Crippen LogP contribution in [-0.2, 0) is 11.3 Å². The third kappa shape index (κ3) is 5.67. The van der Waals surface area contributed by atoms with E-state index in [1.54, 1.807) is 11.3 Å². The van der Waals surface area contributed by atoms with E-state index >= 15 is 0 Å². The van der Waals surface area contributed by atoms with E-state index in [9.17, 15) is 0 Å². The van der Waals surface area contributed by atoms with Crippen molar-refractivity contribution in [2.45, 2.75) is 19.5 Å². The van der Waals surface area contributed by atoms with Gasteiger partial charge in [-0.3, -0.25) is 4.90 Å². The van der Waals surface area contributed by atoms with Crippen LogP contribution < -0.4 is 10.1 Å². The van der Waals surface area contributed by atoms with Crippen LogP contribution in [0.15, 0.2) is 60.0 Å². The number of nitrogens with zero attached hydrogens (tertiary/aromatic N) is 2. The molecule has 30 heavy (non-hydrogen) atoms. The molecule has 1 aromatic heterocycles. The fourth-order valence-electron chi connectivity index (χ4n) is 3.62. The topological polar surface area (TPSA) is 46.6 Å². The van der Waals surface area contributed by atoms with Crippen molar-refractivity contribution >= 4 is 11.3 Å². The van der Waals surface area contributed by atoms with Gasteiger partial charge in [0.15, 0.2) is 0 Å². The number of thiazole rings is 1. The maximum absolute atomic E-state index is 5.53. The van der Waals surface area contributed by atoms with Crippen LogP contribution in [0.25, 0.3) is 10.6 Å². The van der Waals surface area contributed by atoms with Crippen LogP contribution >= 0.6 is 11.3 Å². The molecule has 1 fully saturated rings. The molecule has 2 heterocycles. The van der Waals surface area contributed by atoms with Crippen LogP contribution in [0.3, 0.4) is 0 Å². The summed E-state index contributed by atoms with van der Waals surface area (Å²) in [6.45, 7) is 8.02. The van der Waals surface area contributed by atoms with Gasteiger partial charge in [0.1, 0.15) is 10.8 Å². The highest BCUT2D eigenvalue weighted by Crippen LogP contribution is 2.26. The molecule has 1 saturated heterocycles. The van der Waals surface area contributed by atoms with Crippen molar-refractivity contribution in [2.24, 2.45) is 0 Å². The van der Waals surface area contributed by atoms with Gasteiger partial charge in [-0.15, -0.1) is 11.3 Å². The molecule has 158 valence electrons. The standard InChI is InChI=1S/C24H29N3O2S/c1-2-29-22-10-8-20(9-11-22)24-26-21(18-30-24)16-25-23(19-6-4-3-5-7-19)17-27-12-14-28-15-13-27/h3-11,18,23,25H,2,12-17H2,1H3. The van der Waals surface area contributed by atoms with Gasteiger partial charge in [-0.1, -0.05) is 30.3 Å². The summed E-state index contributed by atoms with van der Waals surface area (Å²) in [5, 5.41) is 6.92. The molecule has 6 heteroatoms. The van der Waals surface area contributed by atoms with Gasteiger partial charge >= 0.3 is 0 Å². The molecule has 0 aliphatic carbocycles. The largest absolute Gasteiger partial charge is 0.494 e. The van der Waals surface area contributed by atoms with Crippen molar-refractivity contribution in [1.82, 2.24) is 15.2 Å². The number of benzene rings is 2. The number of morpholine rings is 1. The first-order valence-electron chi connectivity index (χ1n) is 10.6. The van der Waals surface area contributed by atoms with Crippen LogP contribution in [0, 0.1) is 0 Å². The first-order valence-corrected chi connectivity index (χ1v) is 11.5. The minimum atomic E-state index is 0.264. The Labute approximate surface area is 182 Å². The Morgan fingerprint density at radius 2 is 1.87 bits per heavy atom. The molecule has 1 aliphatic heterocycles. The summed E-state index contributed by atoms with van der Waals surface area (Å²) in [5.41, 5.74) is 3.51. The highest BCUT2D eigenvalue weighted by Gasteiger charge is 2.18. The molecule has 0 saturated carbocycles. The summed E-state index contributed by atoms with van der Waals surface area (Å²) in [7, 11) is 0. The second-order valence-electron chi connectivity index (χ2n) is 7.36. The van der Waals surface area contributed by atoms with E-state index in [1.807, 2.05) is 19.1 Å². The Kier molecular flexibility index (Phi) is 7.48. The van der Waals surface area contributed by atoms with Gasteiger partial charge in [0, 0.05) is 43.2 Å². The van der Waals surface area contributed by atoms with E-state index in [-0.39, 0.29) is 6.04 Å². The minimum absolute atomic E-state index is 0.264. The lowest BCUT2D eigenvalue weighted by molar-refractivity contribution is 0.0333. The molecular formula is C24H29N3O2S. The summed E-state index contributed by atoms with van der Waals surface area (Å²) in [5.74, 6) is 0.897. The molecule has 0 amide bonds. The second-order valence-corrected chi connectivity index (χ2v) is 8.22. The van der Waals surface area contributed by atoms with Crippen molar-refractivity contribution in [3.8, 4) is 16.3 Å². The van der Waals surface area contributed by atoms with Crippen LogP contribution in [0.1, 0.15) is 24.2 Å². The third-order valence-corrected chi connectivity index (χ3v) is 6.18. The molecule has 1 N–H and O–H groups in total. The van der Waals surface area contributed by atoms with Gasteiger partial charge in [-0.25, -0.2) is 4.98 Å². The average Bonchev–Trinajstić information content (AvgIpc) is 3.28. The highest BCUT2D eigenvalue weighted by molar-refractivity contribution is 7.13. The zero-order valence-electron chi connectivity index (χ0n) is 17.4. The summed E-state index contributed by atoms with van der Waals surface area (Å²) < 4.78 is 11.0. The van der Waals surface area contributed by atoms with E-state index in [4.69, 9.17) is 14.5 Å². The Balaban J connectivity index is 1.40. The Hall–Kier alpha value is -2.25. The molecule has 4 rings (SSSR count). The van der Waals surface area contributed by atoms with Crippen LogP contribution in [0.2, 0.25) is 0 Å². The van der Waals surface area contributed by atoms with Crippen molar-refractivity contribution in [3.63, 3.8) is 0 Å². The van der Waals surface area contributed by atoms with Gasteiger partial charge in [-0.2, -0.15) is 0 Å². The maximum atomic E-state index is 5.53.